The number of carbonyl (C=O) groups is 1. The van der Waals surface area contributed by atoms with Gasteiger partial charge in [-0.2, -0.15) is 0 Å². The number of carbonyl (C=O) groups excluding carboxylic acids is 1. The van der Waals surface area contributed by atoms with Crippen molar-refractivity contribution in [1.29, 1.82) is 0 Å². The standard InChI is InChI=1S/C21H30N4O3/c1-15-22-16-11-18-19(28-10-9-27-18)12-17(16)25(15)13-20(26)23-21(2,3)14-24-7-5-4-6-8-24/h11-12H,4-10,13-14H2,1-3H3,(H,23,26). The molecule has 2 aliphatic heterocycles. The van der Waals surface area contributed by atoms with Gasteiger partial charge in [0, 0.05) is 24.2 Å². The van der Waals surface area contributed by atoms with Crippen LogP contribution in [0.5, 0.6) is 11.5 Å². The Balaban J connectivity index is 1.47. The summed E-state index contributed by atoms with van der Waals surface area (Å²) >= 11 is 0. The molecule has 0 spiro atoms. The van der Waals surface area contributed by atoms with Crippen molar-refractivity contribution in [3.8, 4) is 11.5 Å². The van der Waals surface area contributed by atoms with E-state index in [0.29, 0.717) is 19.0 Å². The van der Waals surface area contributed by atoms with Crippen LogP contribution in [0.25, 0.3) is 11.0 Å². The Kier molecular flexibility index (Phi) is 5.19. The number of ether oxygens (including phenoxy) is 2. The summed E-state index contributed by atoms with van der Waals surface area (Å²) in [7, 11) is 0. The van der Waals surface area contributed by atoms with Crippen molar-refractivity contribution in [2.45, 2.75) is 52.1 Å². The molecular weight excluding hydrogens is 356 g/mol. The van der Waals surface area contributed by atoms with Crippen LogP contribution in [-0.4, -0.2) is 58.7 Å². The Labute approximate surface area is 166 Å². The number of piperidine rings is 1. The van der Waals surface area contributed by atoms with Gasteiger partial charge in [0.2, 0.25) is 5.91 Å². The quantitative estimate of drug-likeness (QED) is 0.855. The topological polar surface area (TPSA) is 68.6 Å². The molecule has 1 aromatic heterocycles. The van der Waals surface area contributed by atoms with Crippen LogP contribution in [0.4, 0.5) is 0 Å². The van der Waals surface area contributed by atoms with E-state index in [1.165, 1.54) is 19.3 Å². The van der Waals surface area contributed by atoms with Crippen LogP contribution in [0.1, 0.15) is 38.9 Å². The second kappa shape index (κ2) is 7.62. The van der Waals surface area contributed by atoms with Crippen LogP contribution in [0.3, 0.4) is 0 Å². The summed E-state index contributed by atoms with van der Waals surface area (Å²) in [4.78, 5) is 19.9. The first kappa shape index (κ1) is 19.1. The Morgan fingerprint density at radius 2 is 1.82 bits per heavy atom. The van der Waals surface area contributed by atoms with Crippen molar-refractivity contribution >= 4 is 16.9 Å². The molecule has 2 aromatic rings. The lowest BCUT2D eigenvalue weighted by Gasteiger charge is -2.35. The third kappa shape index (κ3) is 4.09. The third-order valence-electron chi connectivity index (χ3n) is 5.45. The molecule has 1 amide bonds. The summed E-state index contributed by atoms with van der Waals surface area (Å²) in [6.45, 7) is 10.6. The van der Waals surface area contributed by atoms with Crippen molar-refractivity contribution in [3.63, 3.8) is 0 Å². The molecular formula is C21H30N4O3. The molecule has 152 valence electrons. The molecule has 28 heavy (non-hydrogen) atoms. The lowest BCUT2D eigenvalue weighted by molar-refractivity contribution is -0.123. The number of nitrogens with one attached hydrogen (secondary N) is 1. The van der Waals surface area contributed by atoms with Crippen LogP contribution in [0, 0.1) is 6.92 Å². The number of rotatable bonds is 5. The Hall–Kier alpha value is -2.28. The summed E-state index contributed by atoms with van der Waals surface area (Å²) in [6.07, 6.45) is 3.81. The van der Waals surface area contributed by atoms with Gasteiger partial charge in [-0.1, -0.05) is 6.42 Å². The smallest absolute Gasteiger partial charge is 0.240 e. The maximum Gasteiger partial charge on any atom is 0.240 e. The van der Waals surface area contributed by atoms with Gasteiger partial charge < -0.3 is 24.3 Å². The van der Waals surface area contributed by atoms with Gasteiger partial charge in [-0.15, -0.1) is 0 Å². The van der Waals surface area contributed by atoms with Gasteiger partial charge in [0.05, 0.1) is 11.0 Å². The molecule has 0 atom stereocenters. The zero-order chi connectivity index (χ0) is 19.7. The number of fused-ring (bicyclic) bond motifs is 2. The fourth-order valence-electron chi connectivity index (χ4n) is 4.26. The summed E-state index contributed by atoms with van der Waals surface area (Å²) < 4.78 is 13.3. The highest BCUT2D eigenvalue weighted by Gasteiger charge is 2.25. The highest BCUT2D eigenvalue weighted by Crippen LogP contribution is 2.34. The Morgan fingerprint density at radius 3 is 2.54 bits per heavy atom. The normalized spacial score (nSPS) is 17.7. The largest absolute Gasteiger partial charge is 0.486 e. The third-order valence-corrected chi connectivity index (χ3v) is 5.45. The molecule has 0 unspecified atom stereocenters. The van der Waals surface area contributed by atoms with E-state index in [0.717, 1.165) is 42.2 Å². The van der Waals surface area contributed by atoms with Crippen molar-refractivity contribution in [3.05, 3.63) is 18.0 Å². The maximum absolute atomic E-state index is 12.8. The summed E-state index contributed by atoms with van der Waals surface area (Å²) in [5.74, 6) is 2.24. The second-order valence-electron chi connectivity index (χ2n) is 8.50. The van der Waals surface area contributed by atoms with Gasteiger partial charge in [-0.25, -0.2) is 4.98 Å². The molecule has 1 aromatic carbocycles. The minimum Gasteiger partial charge on any atom is -0.486 e. The van der Waals surface area contributed by atoms with Gasteiger partial charge in [-0.05, 0) is 46.7 Å². The van der Waals surface area contributed by atoms with E-state index in [4.69, 9.17) is 9.47 Å². The Bertz CT molecular complexity index is 868. The van der Waals surface area contributed by atoms with Gasteiger partial charge in [-0.3, -0.25) is 4.79 Å². The van der Waals surface area contributed by atoms with E-state index in [1.807, 2.05) is 23.6 Å². The first-order valence-corrected chi connectivity index (χ1v) is 10.2. The average molecular weight is 386 g/mol. The number of hydrogen-bond acceptors (Lipinski definition) is 5. The number of amides is 1. The minimum atomic E-state index is -0.269. The highest BCUT2D eigenvalue weighted by molar-refractivity contribution is 5.84. The number of benzene rings is 1. The van der Waals surface area contributed by atoms with E-state index in [2.05, 4.69) is 29.0 Å². The number of likely N-dealkylation sites (tertiary alicyclic amines) is 1. The SMILES string of the molecule is Cc1nc2cc3c(cc2n1CC(=O)NC(C)(C)CN1CCCCC1)OCCO3. The fourth-order valence-corrected chi connectivity index (χ4v) is 4.26. The molecule has 1 fully saturated rings. The van der Waals surface area contributed by atoms with Gasteiger partial charge in [0.25, 0.3) is 0 Å². The molecule has 7 heteroatoms. The molecule has 4 rings (SSSR count). The molecule has 7 nitrogen and oxygen atoms in total. The first-order valence-electron chi connectivity index (χ1n) is 10.2. The van der Waals surface area contributed by atoms with Crippen LogP contribution < -0.4 is 14.8 Å². The molecule has 2 aliphatic rings. The highest BCUT2D eigenvalue weighted by atomic mass is 16.6. The zero-order valence-corrected chi connectivity index (χ0v) is 17.1. The first-order chi connectivity index (χ1) is 13.4. The molecule has 0 saturated carbocycles. The lowest BCUT2D eigenvalue weighted by Crippen LogP contribution is -2.53. The van der Waals surface area contributed by atoms with Crippen molar-refractivity contribution in [2.24, 2.45) is 0 Å². The summed E-state index contributed by atoms with van der Waals surface area (Å²) in [6, 6.07) is 3.82. The Morgan fingerprint density at radius 1 is 1.14 bits per heavy atom. The van der Waals surface area contributed by atoms with Crippen molar-refractivity contribution < 1.29 is 14.3 Å². The number of aromatic nitrogens is 2. The molecule has 0 aliphatic carbocycles. The van der Waals surface area contributed by atoms with E-state index in [-0.39, 0.29) is 18.0 Å². The average Bonchev–Trinajstić information content (AvgIpc) is 2.94. The molecule has 1 saturated heterocycles. The van der Waals surface area contributed by atoms with Crippen LogP contribution in [0.2, 0.25) is 0 Å². The van der Waals surface area contributed by atoms with Gasteiger partial charge >= 0.3 is 0 Å². The monoisotopic (exact) mass is 386 g/mol. The van der Waals surface area contributed by atoms with Crippen molar-refractivity contribution in [1.82, 2.24) is 19.8 Å². The fraction of sp³-hybridized carbons (Fsp3) is 0.619. The van der Waals surface area contributed by atoms with E-state index < -0.39 is 0 Å². The van der Waals surface area contributed by atoms with E-state index in [9.17, 15) is 4.79 Å². The van der Waals surface area contributed by atoms with Crippen LogP contribution >= 0.6 is 0 Å². The molecule has 0 bridgehead atoms. The summed E-state index contributed by atoms with van der Waals surface area (Å²) in [5.41, 5.74) is 1.45. The molecule has 1 N–H and O–H groups in total. The zero-order valence-electron chi connectivity index (χ0n) is 17.1. The minimum absolute atomic E-state index is 0.000650. The summed E-state index contributed by atoms with van der Waals surface area (Å²) in [5, 5.41) is 3.21. The van der Waals surface area contributed by atoms with Crippen LogP contribution in [0.15, 0.2) is 12.1 Å². The van der Waals surface area contributed by atoms with Gasteiger partial charge in [0.15, 0.2) is 11.5 Å². The van der Waals surface area contributed by atoms with Crippen molar-refractivity contribution in [2.75, 3.05) is 32.8 Å². The number of hydrogen-bond donors (Lipinski definition) is 1. The van der Waals surface area contributed by atoms with Crippen LogP contribution in [-0.2, 0) is 11.3 Å². The predicted octanol–water partition coefficient (Wildman–Crippen LogP) is 2.50. The predicted molar refractivity (Wildman–Crippen MR) is 108 cm³/mol. The maximum atomic E-state index is 12.8. The van der Waals surface area contributed by atoms with Gasteiger partial charge in [0.1, 0.15) is 25.6 Å². The molecule has 3 heterocycles. The lowest BCUT2D eigenvalue weighted by atomic mass is 10.0. The molecule has 0 radical (unpaired) electrons. The number of nitrogens with zero attached hydrogens (tertiary/aromatic N) is 3. The number of imidazole rings is 1. The van der Waals surface area contributed by atoms with E-state index in [1.54, 1.807) is 0 Å². The second-order valence-corrected chi connectivity index (χ2v) is 8.50. The van der Waals surface area contributed by atoms with E-state index >= 15 is 0 Å². The number of aryl methyl sites for hydroxylation is 1.